The third-order valence-electron chi connectivity index (χ3n) is 15.3. The Balaban J connectivity index is 0.000000359. The van der Waals surface area contributed by atoms with Gasteiger partial charge in [0, 0.05) is 30.8 Å². The van der Waals surface area contributed by atoms with Gasteiger partial charge < -0.3 is 36.8 Å². The number of carbonyl (C=O) groups excluding carboxylic acids is 3. The molecule has 4 N–H and O–H groups in total. The molecule has 2 saturated heterocycles. The van der Waals surface area contributed by atoms with Crippen LogP contribution >= 0.6 is 8.53 Å². The van der Waals surface area contributed by atoms with E-state index in [0.717, 1.165) is 0 Å². The molecule has 6 heterocycles. The van der Waals surface area contributed by atoms with Gasteiger partial charge in [-0.1, -0.05) is 83.1 Å². The number of hydrogen-bond acceptors (Lipinski definition) is 21. The summed E-state index contributed by atoms with van der Waals surface area (Å²) < 4.78 is 56.4. The summed E-state index contributed by atoms with van der Waals surface area (Å²) in [5.74, 6) is -1.26. The van der Waals surface area contributed by atoms with Crippen molar-refractivity contribution in [3.63, 3.8) is 0 Å². The standard InChI is InChI=1S/C30H52N7O6PSi.C25H38N6O7Si.C2H3N/c1-13-21-23(43-45(11,12)30(8,9)10)24(42-44(40-16-14-15-31)37(19(4)5)20(6)7)28(41-21)36-17-32-22-25(36)33-29(35-27(22)39)34-26(38)18(2)3;1-9-15-17(38-39(7,8)25(4,5)6)18(37-24(34)35-12-10-11-26)22(36-15)31-13-27-16-19(31)28-23(30-21(16)33)29-20(32)14(2)3;1-2-3/h17-21,23-24,28H,13-14,16H2,1-12H3,(H2,33,34,35,38,39);13-15,17-18,22H,9-10,12H2,1-8H3,(H2,28,29,30,32,33);1H3/t21-,23+,24?,28-,44?;15-,17+,18?,22-;/m11./s1. The van der Waals surface area contributed by atoms with Crippen molar-refractivity contribution in [2.45, 2.75) is 241 Å². The Morgan fingerprint density at radius 1 is 0.690 bits per heavy atom. The summed E-state index contributed by atoms with van der Waals surface area (Å²) in [6.07, 6.45) is -1.92. The first-order valence-electron chi connectivity index (χ1n) is 29.5. The van der Waals surface area contributed by atoms with Crippen LogP contribution in [0.25, 0.3) is 22.3 Å². The van der Waals surface area contributed by atoms with Crippen LogP contribution in [0.5, 0.6) is 0 Å². The van der Waals surface area contributed by atoms with Crippen LogP contribution in [0.2, 0.25) is 36.3 Å². The normalized spacial score (nSPS) is 21.0. The number of imidazole rings is 2. The van der Waals surface area contributed by atoms with Crippen LogP contribution in [0, 0.1) is 45.8 Å². The third kappa shape index (κ3) is 18.5. The lowest BCUT2D eigenvalue weighted by Gasteiger charge is -2.42. The lowest BCUT2D eigenvalue weighted by atomic mass is 10.1. The molecule has 0 spiro atoms. The number of hydrogen-bond donors (Lipinski definition) is 4. The lowest BCUT2D eigenvalue weighted by Crippen LogP contribution is -2.50. The van der Waals surface area contributed by atoms with Crippen LogP contribution in [-0.2, 0) is 46.4 Å². The number of fused-ring (bicyclic) bond motifs is 2. The van der Waals surface area contributed by atoms with Crippen LogP contribution in [0.3, 0.4) is 0 Å². The van der Waals surface area contributed by atoms with E-state index in [0.29, 0.717) is 12.8 Å². The molecule has 4 aromatic rings. The fourth-order valence-electron chi connectivity index (χ4n) is 8.67. The van der Waals surface area contributed by atoms with Gasteiger partial charge in [-0.25, -0.2) is 19.4 Å². The number of nitriles is 3. The number of aromatic amines is 2. The second-order valence-corrected chi connectivity index (χ2v) is 36.2. The van der Waals surface area contributed by atoms with Crippen molar-refractivity contribution in [1.29, 1.82) is 15.8 Å². The predicted molar refractivity (Wildman–Crippen MR) is 334 cm³/mol. The van der Waals surface area contributed by atoms with Crippen molar-refractivity contribution in [2.24, 2.45) is 11.8 Å². The maximum atomic E-state index is 13.0. The van der Waals surface area contributed by atoms with E-state index in [1.807, 2.05) is 19.9 Å². The van der Waals surface area contributed by atoms with E-state index in [1.54, 1.807) is 38.3 Å². The summed E-state index contributed by atoms with van der Waals surface area (Å²) in [6.45, 7) is 42.2. The minimum atomic E-state index is -2.37. The summed E-state index contributed by atoms with van der Waals surface area (Å²) in [7, 11) is -6.36. The molecule has 30 heteroatoms. The number of anilines is 2. The molecular weight excluding hydrogens is 1180 g/mol. The molecule has 0 bridgehead atoms. The summed E-state index contributed by atoms with van der Waals surface area (Å²) in [4.78, 5) is 85.9. The van der Waals surface area contributed by atoms with E-state index in [1.165, 1.54) is 24.1 Å². The van der Waals surface area contributed by atoms with E-state index in [-0.39, 0.29) is 112 Å². The maximum Gasteiger partial charge on any atom is 0.508 e. The zero-order chi connectivity index (χ0) is 65.7. The quantitative estimate of drug-likeness (QED) is 0.0232. The van der Waals surface area contributed by atoms with Gasteiger partial charge in [0.1, 0.15) is 24.9 Å². The Morgan fingerprint density at radius 2 is 1.08 bits per heavy atom. The van der Waals surface area contributed by atoms with Gasteiger partial charge in [0.15, 0.2) is 57.5 Å². The molecule has 482 valence electrons. The number of amides is 2. The molecule has 2 fully saturated rings. The van der Waals surface area contributed by atoms with E-state index in [4.69, 9.17) is 47.4 Å². The van der Waals surface area contributed by atoms with E-state index >= 15 is 0 Å². The summed E-state index contributed by atoms with van der Waals surface area (Å²) >= 11 is 0. The highest BCUT2D eigenvalue weighted by Gasteiger charge is 2.55. The zero-order valence-corrected chi connectivity index (χ0v) is 57.4. The van der Waals surface area contributed by atoms with Crippen molar-refractivity contribution in [3.05, 3.63) is 33.4 Å². The number of carbonyl (C=O) groups is 3. The van der Waals surface area contributed by atoms with Gasteiger partial charge in [0.05, 0.1) is 62.5 Å². The topological polar surface area (TPSA) is 351 Å². The van der Waals surface area contributed by atoms with Gasteiger partial charge in [-0.15, -0.1) is 0 Å². The molecule has 0 aliphatic carbocycles. The first-order chi connectivity index (χ1) is 40.5. The fourth-order valence-corrected chi connectivity index (χ4v) is 13.0. The zero-order valence-electron chi connectivity index (χ0n) is 54.6. The van der Waals surface area contributed by atoms with E-state index in [9.17, 15) is 29.2 Å². The van der Waals surface area contributed by atoms with Gasteiger partial charge in [0.25, 0.3) is 19.6 Å². The molecule has 0 radical (unpaired) electrons. The number of rotatable bonds is 23. The molecular formula is C57H93N14O13PSi2. The Bertz CT molecular complexity index is 3200. The lowest BCUT2D eigenvalue weighted by molar-refractivity contribution is -0.119. The van der Waals surface area contributed by atoms with Crippen LogP contribution in [0.1, 0.15) is 156 Å². The Kier molecular flexibility index (Phi) is 26.5. The van der Waals surface area contributed by atoms with E-state index < -0.39 is 85.4 Å². The summed E-state index contributed by atoms with van der Waals surface area (Å²) in [5.41, 5.74) is -0.512. The minimum Gasteiger partial charge on any atom is -0.433 e. The van der Waals surface area contributed by atoms with Gasteiger partial charge in [-0.3, -0.25) is 48.9 Å². The molecule has 2 aliphatic heterocycles. The number of aromatic nitrogens is 8. The third-order valence-corrected chi connectivity index (χ3v) is 26.4. The second kappa shape index (κ2) is 31.4. The average Bonchev–Trinajstić information content (AvgIpc) is 1.68. The number of nitrogens with one attached hydrogen (secondary N) is 4. The number of nitrogens with zero attached hydrogens (tertiary/aromatic N) is 10. The molecule has 9 atom stereocenters. The van der Waals surface area contributed by atoms with Crippen molar-refractivity contribution in [3.8, 4) is 18.2 Å². The van der Waals surface area contributed by atoms with Crippen LogP contribution in [0.4, 0.5) is 16.7 Å². The monoisotopic (exact) mass is 1270 g/mol. The van der Waals surface area contributed by atoms with E-state index in [2.05, 4.69) is 147 Å². The molecule has 0 aromatic carbocycles. The number of H-pyrrole nitrogens is 2. The van der Waals surface area contributed by atoms with Gasteiger partial charge in [0.2, 0.25) is 23.7 Å². The van der Waals surface area contributed by atoms with Gasteiger partial charge in [-0.2, -0.15) is 25.8 Å². The van der Waals surface area contributed by atoms with Crippen molar-refractivity contribution >= 4 is 77.4 Å². The highest BCUT2D eigenvalue weighted by atomic mass is 31.2. The first-order valence-corrected chi connectivity index (χ1v) is 36.5. The Hall–Kier alpha value is -6.04. The molecule has 6 rings (SSSR count). The number of ether oxygens (including phenoxy) is 4. The largest absolute Gasteiger partial charge is 0.508 e. The molecule has 0 saturated carbocycles. The van der Waals surface area contributed by atoms with Crippen LogP contribution in [0.15, 0.2) is 22.2 Å². The minimum absolute atomic E-state index is 0.0188. The fraction of sp³-hybridized carbons (Fsp3) is 0.719. The highest BCUT2D eigenvalue weighted by molar-refractivity contribution is 7.44. The predicted octanol–water partition coefficient (Wildman–Crippen LogP) is 10.5. The molecule has 27 nitrogen and oxygen atoms in total. The average molecular weight is 1270 g/mol. The van der Waals surface area contributed by atoms with Crippen molar-refractivity contribution in [2.75, 3.05) is 23.8 Å². The second-order valence-electron chi connectivity index (χ2n) is 25.3. The molecule has 4 aromatic heterocycles. The Morgan fingerprint density at radius 3 is 1.45 bits per heavy atom. The van der Waals surface area contributed by atoms with Crippen LogP contribution in [-0.4, -0.2) is 140 Å². The first kappa shape index (κ1) is 73.4. The molecule has 2 amide bonds. The van der Waals surface area contributed by atoms with Crippen LogP contribution < -0.4 is 21.8 Å². The smallest absolute Gasteiger partial charge is 0.433 e. The Labute approximate surface area is 514 Å². The SMILES string of the molecule is CC#N.CC[C@H]1O[C@@H](n2cnc3c(=O)[nH]c(NC(=O)C(C)C)nc32)C(OC(=O)OCCC#N)[C@H]1O[Si](C)(C)C(C)(C)C.CC[C@H]1O[C@@H](n2cnc3c(=O)[nH]c(NC(=O)C(C)C)nc32)C(OP(OCCC#N)N(C(C)C)C(C)C)[C@H]1O[Si](C)(C)C(C)(C)C. The summed E-state index contributed by atoms with van der Waals surface area (Å²) in [5, 5.41) is 30.4. The van der Waals surface area contributed by atoms with Crippen molar-refractivity contribution in [1.82, 2.24) is 43.7 Å². The molecule has 87 heavy (non-hydrogen) atoms. The maximum absolute atomic E-state index is 13.0. The summed E-state index contributed by atoms with van der Waals surface area (Å²) in [6, 6.07) is 5.99. The molecule has 2 aliphatic rings. The van der Waals surface area contributed by atoms with Crippen molar-refractivity contribution < 1.29 is 51.2 Å². The van der Waals surface area contributed by atoms with Gasteiger partial charge in [-0.05, 0) is 76.8 Å². The highest BCUT2D eigenvalue weighted by Crippen LogP contribution is 2.53. The molecule has 3 unspecified atom stereocenters. The van der Waals surface area contributed by atoms with Gasteiger partial charge >= 0.3 is 6.16 Å².